The molecular weight excluding hydrogens is 398 g/mol. The number of benzene rings is 2. The van der Waals surface area contributed by atoms with Gasteiger partial charge in [0.1, 0.15) is 4.90 Å². The number of carbonyl (C=O) groups is 1. The second-order valence-electron chi connectivity index (χ2n) is 6.56. The molecule has 1 aliphatic rings. The highest BCUT2D eigenvalue weighted by Gasteiger charge is 2.38. The molecule has 0 atom stereocenters. The van der Waals surface area contributed by atoms with Gasteiger partial charge in [-0.25, -0.2) is 0 Å². The highest BCUT2D eigenvalue weighted by molar-refractivity contribution is 8.16. The quantitative estimate of drug-likeness (QED) is 0.458. The van der Waals surface area contributed by atoms with Crippen molar-refractivity contribution in [2.24, 2.45) is 10.2 Å². The first kappa shape index (κ1) is 20.1. The second kappa shape index (κ2) is 7.76. The largest absolute Gasteiger partial charge is 0.378 e. The van der Waals surface area contributed by atoms with Crippen LogP contribution in [-0.2, 0) is 14.9 Å². The van der Waals surface area contributed by atoms with E-state index in [9.17, 15) is 13.2 Å². The van der Waals surface area contributed by atoms with Gasteiger partial charge >= 0.3 is 10.1 Å². The monoisotopic (exact) mass is 417 g/mol. The van der Waals surface area contributed by atoms with Crippen molar-refractivity contribution in [1.82, 2.24) is 5.32 Å². The smallest absolute Gasteiger partial charge is 0.339 e. The molecule has 3 rings (SSSR count). The van der Waals surface area contributed by atoms with Crippen LogP contribution in [0.4, 0.5) is 0 Å². The van der Waals surface area contributed by atoms with Gasteiger partial charge in [-0.15, -0.1) is 5.10 Å². The van der Waals surface area contributed by atoms with Crippen LogP contribution in [-0.4, -0.2) is 30.5 Å². The number of para-hydroxylation sites is 1. The molecule has 0 spiro atoms. The molecule has 1 fully saturated rings. The third-order valence-electron chi connectivity index (χ3n) is 3.93. The number of rotatable bonds is 5. The van der Waals surface area contributed by atoms with Gasteiger partial charge in [0, 0.05) is 5.56 Å². The van der Waals surface area contributed by atoms with Crippen LogP contribution >= 0.6 is 11.8 Å². The number of aryl methyl sites for hydroxylation is 1. The molecule has 0 radical (unpaired) electrons. The van der Waals surface area contributed by atoms with Crippen molar-refractivity contribution in [1.29, 1.82) is 0 Å². The number of nitrogens with zero attached hydrogens (tertiary/aromatic N) is 2. The average Bonchev–Trinajstić information content (AvgIpc) is 2.90. The molecule has 0 saturated carbocycles. The first-order valence-corrected chi connectivity index (χ1v) is 10.6. The lowest BCUT2D eigenvalue weighted by Crippen LogP contribution is -2.30. The summed E-state index contributed by atoms with van der Waals surface area (Å²) in [5.74, 6) is 0.0405. The number of hydrogen-bond donors (Lipinski definition) is 1. The lowest BCUT2D eigenvalue weighted by Gasteiger charge is -2.11. The van der Waals surface area contributed by atoms with Crippen molar-refractivity contribution in [2.45, 2.75) is 30.4 Å². The number of amidine groups is 1. The van der Waals surface area contributed by atoms with Crippen LogP contribution in [0.3, 0.4) is 0 Å². The first-order valence-electron chi connectivity index (χ1n) is 8.40. The first-order chi connectivity index (χ1) is 13.2. The summed E-state index contributed by atoms with van der Waals surface area (Å²) in [5.41, 5.74) is 1.10. The van der Waals surface area contributed by atoms with Gasteiger partial charge in [-0.05, 0) is 44.5 Å². The van der Waals surface area contributed by atoms with E-state index < -0.39 is 14.9 Å². The summed E-state index contributed by atoms with van der Waals surface area (Å²) in [4.78, 5) is 11.8. The van der Waals surface area contributed by atoms with E-state index in [1.807, 2.05) is 0 Å². The second-order valence-corrected chi connectivity index (χ2v) is 9.72. The van der Waals surface area contributed by atoms with Crippen LogP contribution < -0.4 is 9.50 Å². The van der Waals surface area contributed by atoms with E-state index in [0.29, 0.717) is 16.3 Å². The van der Waals surface area contributed by atoms with E-state index in [-0.39, 0.29) is 16.6 Å². The van der Waals surface area contributed by atoms with Crippen molar-refractivity contribution in [3.8, 4) is 5.75 Å². The summed E-state index contributed by atoms with van der Waals surface area (Å²) < 4.78 is 29.9. The molecule has 0 aromatic heterocycles. The molecule has 2 aromatic rings. The Labute approximate surface area is 168 Å². The lowest BCUT2D eigenvalue weighted by molar-refractivity contribution is -0.120. The lowest BCUT2D eigenvalue weighted by atomic mass is 10.1. The Morgan fingerprint density at radius 1 is 1.11 bits per heavy atom. The van der Waals surface area contributed by atoms with Crippen LogP contribution in [0.15, 0.2) is 63.6 Å². The fourth-order valence-corrected chi connectivity index (χ4v) is 4.28. The van der Waals surface area contributed by atoms with Crippen molar-refractivity contribution in [3.63, 3.8) is 0 Å². The van der Waals surface area contributed by atoms with Crippen LogP contribution in [0.25, 0.3) is 0 Å². The molecular formula is C19H19N3O4S2. The molecule has 146 valence electrons. The van der Waals surface area contributed by atoms with Gasteiger partial charge in [-0.1, -0.05) is 42.1 Å². The van der Waals surface area contributed by atoms with E-state index >= 15 is 0 Å². The maximum Gasteiger partial charge on any atom is 0.339 e. The standard InChI is InChI=1S/C19H19N3O4S2/c1-13-8-7-9-14(12-20-22-18-21-17(23)19(2,3)27-18)16(13)26-28(24,25)15-10-5-4-6-11-15/h4-12H,1-3H3,(H,21,22,23)/b20-12+. The molecule has 1 N–H and O–H groups in total. The highest BCUT2D eigenvalue weighted by Crippen LogP contribution is 2.31. The van der Waals surface area contributed by atoms with E-state index in [1.54, 1.807) is 57.2 Å². The topological polar surface area (TPSA) is 97.2 Å². The molecule has 1 aliphatic heterocycles. The van der Waals surface area contributed by atoms with Crippen LogP contribution in [0.2, 0.25) is 0 Å². The van der Waals surface area contributed by atoms with Gasteiger partial charge in [-0.3, -0.25) is 4.79 Å². The summed E-state index contributed by atoms with van der Waals surface area (Å²) in [5, 5.41) is 11.0. The van der Waals surface area contributed by atoms with Crippen molar-refractivity contribution in [2.75, 3.05) is 0 Å². The minimum atomic E-state index is -3.98. The Balaban J connectivity index is 1.86. The summed E-state index contributed by atoms with van der Waals surface area (Å²) in [6.45, 7) is 5.33. The van der Waals surface area contributed by atoms with Crippen LogP contribution in [0, 0.1) is 6.92 Å². The number of nitrogens with one attached hydrogen (secondary N) is 1. The predicted molar refractivity (Wildman–Crippen MR) is 110 cm³/mol. The zero-order chi connectivity index (χ0) is 20.4. The van der Waals surface area contributed by atoms with Crippen LogP contribution in [0.1, 0.15) is 25.0 Å². The molecule has 1 amide bonds. The van der Waals surface area contributed by atoms with Gasteiger partial charge < -0.3 is 9.50 Å². The maximum absolute atomic E-state index is 12.6. The molecule has 2 aromatic carbocycles. The zero-order valence-corrected chi connectivity index (χ0v) is 17.2. The summed E-state index contributed by atoms with van der Waals surface area (Å²) in [6.07, 6.45) is 1.40. The van der Waals surface area contributed by atoms with Gasteiger partial charge in [-0.2, -0.15) is 13.5 Å². The molecule has 1 saturated heterocycles. The third-order valence-corrected chi connectivity index (χ3v) is 6.24. The van der Waals surface area contributed by atoms with E-state index in [4.69, 9.17) is 4.18 Å². The normalized spacial score (nSPS) is 17.8. The minimum Gasteiger partial charge on any atom is -0.378 e. The fraction of sp³-hybridized carbons (Fsp3) is 0.211. The third kappa shape index (κ3) is 4.42. The summed E-state index contributed by atoms with van der Waals surface area (Å²) in [6, 6.07) is 13.1. The Hall–Kier alpha value is -2.65. The van der Waals surface area contributed by atoms with Gasteiger partial charge in [0.25, 0.3) is 0 Å². The number of amides is 1. The Morgan fingerprint density at radius 2 is 1.82 bits per heavy atom. The molecule has 0 unspecified atom stereocenters. The number of hydrogen-bond acceptors (Lipinski definition) is 7. The molecule has 7 nitrogen and oxygen atoms in total. The molecule has 1 heterocycles. The SMILES string of the molecule is Cc1cccc(/C=N/N=C2\NC(=O)C(C)(C)S2)c1OS(=O)(=O)c1ccccc1. The number of thioether (sulfide) groups is 1. The molecule has 28 heavy (non-hydrogen) atoms. The van der Waals surface area contributed by atoms with Crippen molar-refractivity contribution in [3.05, 3.63) is 59.7 Å². The van der Waals surface area contributed by atoms with E-state index in [2.05, 4.69) is 15.5 Å². The van der Waals surface area contributed by atoms with Gasteiger partial charge in [0.2, 0.25) is 5.91 Å². The average molecular weight is 418 g/mol. The number of carbonyl (C=O) groups excluding carboxylic acids is 1. The van der Waals surface area contributed by atoms with Gasteiger partial charge in [0.15, 0.2) is 10.9 Å². The van der Waals surface area contributed by atoms with E-state index in [1.165, 1.54) is 30.1 Å². The van der Waals surface area contributed by atoms with Crippen LogP contribution in [0.5, 0.6) is 5.75 Å². The maximum atomic E-state index is 12.6. The van der Waals surface area contributed by atoms with Gasteiger partial charge in [0.05, 0.1) is 11.0 Å². The van der Waals surface area contributed by atoms with Crippen molar-refractivity contribution >= 4 is 39.2 Å². The summed E-state index contributed by atoms with van der Waals surface area (Å²) in [7, 11) is -3.98. The minimum absolute atomic E-state index is 0.0636. The summed E-state index contributed by atoms with van der Waals surface area (Å²) >= 11 is 1.27. The fourth-order valence-electron chi connectivity index (χ4n) is 2.39. The molecule has 9 heteroatoms. The Morgan fingerprint density at radius 3 is 2.46 bits per heavy atom. The van der Waals surface area contributed by atoms with Crippen molar-refractivity contribution < 1.29 is 17.4 Å². The Kier molecular flexibility index (Phi) is 5.57. The predicted octanol–water partition coefficient (Wildman–Crippen LogP) is 3.09. The molecule has 0 bridgehead atoms. The zero-order valence-electron chi connectivity index (χ0n) is 15.5. The Bertz CT molecular complexity index is 1060. The molecule has 0 aliphatic carbocycles. The van der Waals surface area contributed by atoms with E-state index in [0.717, 1.165) is 0 Å². The highest BCUT2D eigenvalue weighted by atomic mass is 32.2.